The van der Waals surface area contributed by atoms with E-state index in [4.69, 9.17) is 0 Å². The molecule has 0 bridgehead atoms. The summed E-state index contributed by atoms with van der Waals surface area (Å²) in [6.07, 6.45) is 1.41. The molecule has 2 atom stereocenters. The van der Waals surface area contributed by atoms with E-state index in [9.17, 15) is 0 Å². The quantitative estimate of drug-likeness (QED) is 0.726. The summed E-state index contributed by atoms with van der Waals surface area (Å²) >= 11 is 0. The van der Waals surface area contributed by atoms with Crippen molar-refractivity contribution in [2.45, 2.75) is 34.1 Å². The molecular weight excluding hydrogens is 184 g/mol. The second kappa shape index (κ2) is 6.49. The van der Waals surface area contributed by atoms with Crippen LogP contribution in [0.1, 0.15) is 34.1 Å². The minimum Gasteiger partial charge on any atom is -0.317 e. The third-order valence-electron chi connectivity index (χ3n) is 3.56. The van der Waals surface area contributed by atoms with Crippen molar-refractivity contribution in [3.05, 3.63) is 0 Å². The zero-order valence-electron chi connectivity index (χ0n) is 10.9. The van der Waals surface area contributed by atoms with Gasteiger partial charge in [0.15, 0.2) is 0 Å². The van der Waals surface area contributed by atoms with E-state index in [-0.39, 0.29) is 0 Å². The largest absolute Gasteiger partial charge is 0.317 e. The second-order valence-corrected chi connectivity index (χ2v) is 5.47. The monoisotopic (exact) mass is 212 g/mol. The molecule has 1 aliphatic heterocycles. The molecule has 0 saturated carbocycles. The molecule has 90 valence electrons. The van der Waals surface area contributed by atoms with Crippen molar-refractivity contribution in [2.75, 3.05) is 32.7 Å². The van der Waals surface area contributed by atoms with Gasteiger partial charge in [0, 0.05) is 13.1 Å². The molecule has 2 heteroatoms. The number of hydrogen-bond donors (Lipinski definition) is 1. The molecule has 15 heavy (non-hydrogen) atoms. The third-order valence-corrected chi connectivity index (χ3v) is 3.56. The number of rotatable bonds is 6. The second-order valence-electron chi connectivity index (χ2n) is 5.47. The summed E-state index contributed by atoms with van der Waals surface area (Å²) in [6.45, 7) is 15.4. The van der Waals surface area contributed by atoms with E-state index in [2.05, 4.69) is 37.9 Å². The van der Waals surface area contributed by atoms with E-state index in [0.29, 0.717) is 0 Å². The summed E-state index contributed by atoms with van der Waals surface area (Å²) in [6, 6.07) is 0. The molecular formula is C13H28N2. The maximum atomic E-state index is 3.43. The molecule has 1 aliphatic rings. The van der Waals surface area contributed by atoms with Crippen LogP contribution in [0.25, 0.3) is 0 Å². The van der Waals surface area contributed by atoms with Gasteiger partial charge in [-0.05, 0) is 43.8 Å². The van der Waals surface area contributed by atoms with E-state index in [1.807, 2.05) is 0 Å². The van der Waals surface area contributed by atoms with E-state index in [1.54, 1.807) is 0 Å². The Morgan fingerprint density at radius 2 is 2.07 bits per heavy atom. The van der Waals surface area contributed by atoms with Crippen molar-refractivity contribution < 1.29 is 0 Å². The topological polar surface area (TPSA) is 15.3 Å². The van der Waals surface area contributed by atoms with Gasteiger partial charge >= 0.3 is 0 Å². The summed E-state index contributed by atoms with van der Waals surface area (Å²) in [4.78, 5) is 2.65. The molecule has 0 aliphatic carbocycles. The van der Waals surface area contributed by atoms with Gasteiger partial charge in [-0.25, -0.2) is 0 Å². The maximum absolute atomic E-state index is 3.43. The van der Waals surface area contributed by atoms with Crippen molar-refractivity contribution in [2.24, 2.45) is 17.8 Å². The van der Waals surface area contributed by atoms with Crippen LogP contribution < -0.4 is 5.32 Å². The van der Waals surface area contributed by atoms with Crippen LogP contribution in [-0.4, -0.2) is 37.6 Å². The van der Waals surface area contributed by atoms with Crippen LogP contribution in [0.5, 0.6) is 0 Å². The zero-order valence-corrected chi connectivity index (χ0v) is 10.9. The van der Waals surface area contributed by atoms with Crippen LogP contribution in [-0.2, 0) is 0 Å². The first-order valence-corrected chi connectivity index (χ1v) is 6.56. The fraction of sp³-hybridized carbons (Fsp3) is 1.00. The fourth-order valence-electron chi connectivity index (χ4n) is 2.47. The van der Waals surface area contributed by atoms with E-state index in [0.717, 1.165) is 24.3 Å². The summed E-state index contributed by atoms with van der Waals surface area (Å²) in [7, 11) is 0. The summed E-state index contributed by atoms with van der Waals surface area (Å²) in [5.41, 5.74) is 0. The molecule has 2 nitrogen and oxygen atoms in total. The Hall–Kier alpha value is -0.0800. The molecule has 0 spiro atoms. The summed E-state index contributed by atoms with van der Waals surface area (Å²) in [5.74, 6) is 2.59. The Kier molecular flexibility index (Phi) is 5.62. The first-order valence-electron chi connectivity index (χ1n) is 6.56. The number of nitrogens with zero attached hydrogens (tertiary/aromatic N) is 1. The van der Waals surface area contributed by atoms with Crippen LogP contribution in [0.15, 0.2) is 0 Å². The SMILES string of the molecule is CCNCC(C)CN1CCC(C(C)C)C1. The molecule has 1 saturated heterocycles. The lowest BCUT2D eigenvalue weighted by Crippen LogP contribution is -2.32. The lowest BCUT2D eigenvalue weighted by molar-refractivity contribution is 0.262. The van der Waals surface area contributed by atoms with Crippen LogP contribution in [0, 0.1) is 17.8 Å². The van der Waals surface area contributed by atoms with Gasteiger partial charge in [0.05, 0.1) is 0 Å². The van der Waals surface area contributed by atoms with Crippen LogP contribution in [0.2, 0.25) is 0 Å². The Morgan fingerprint density at radius 1 is 1.33 bits per heavy atom. The molecule has 0 aromatic carbocycles. The van der Waals surface area contributed by atoms with Crippen molar-refractivity contribution in [1.29, 1.82) is 0 Å². The highest BCUT2D eigenvalue weighted by molar-refractivity contribution is 4.78. The highest BCUT2D eigenvalue weighted by Crippen LogP contribution is 2.23. The van der Waals surface area contributed by atoms with Crippen molar-refractivity contribution in [1.82, 2.24) is 10.2 Å². The van der Waals surface area contributed by atoms with Gasteiger partial charge in [0.25, 0.3) is 0 Å². The molecule has 1 fully saturated rings. The Bertz CT molecular complexity index is 168. The molecule has 0 aromatic heterocycles. The average Bonchev–Trinajstić information content (AvgIpc) is 2.63. The molecule has 0 aromatic rings. The molecule has 0 amide bonds. The van der Waals surface area contributed by atoms with Gasteiger partial charge in [0.2, 0.25) is 0 Å². The van der Waals surface area contributed by atoms with Gasteiger partial charge in [-0.2, -0.15) is 0 Å². The van der Waals surface area contributed by atoms with Gasteiger partial charge in [-0.3, -0.25) is 0 Å². The highest BCUT2D eigenvalue weighted by atomic mass is 15.1. The van der Waals surface area contributed by atoms with Gasteiger partial charge in [0.1, 0.15) is 0 Å². The highest BCUT2D eigenvalue weighted by Gasteiger charge is 2.25. The lowest BCUT2D eigenvalue weighted by Gasteiger charge is -2.21. The van der Waals surface area contributed by atoms with Gasteiger partial charge < -0.3 is 10.2 Å². The van der Waals surface area contributed by atoms with Gasteiger partial charge in [-0.15, -0.1) is 0 Å². The van der Waals surface area contributed by atoms with Crippen molar-refractivity contribution >= 4 is 0 Å². The van der Waals surface area contributed by atoms with Crippen LogP contribution in [0.4, 0.5) is 0 Å². The maximum Gasteiger partial charge on any atom is 0.00193 e. The van der Waals surface area contributed by atoms with Crippen LogP contribution >= 0.6 is 0 Å². The third kappa shape index (κ3) is 4.52. The summed E-state index contributed by atoms with van der Waals surface area (Å²) in [5, 5.41) is 3.43. The smallest absolute Gasteiger partial charge is 0.00193 e. The van der Waals surface area contributed by atoms with Gasteiger partial charge in [-0.1, -0.05) is 27.7 Å². The van der Waals surface area contributed by atoms with Crippen LogP contribution in [0.3, 0.4) is 0 Å². The molecule has 1 N–H and O–H groups in total. The number of likely N-dealkylation sites (tertiary alicyclic amines) is 1. The Balaban J connectivity index is 2.17. The predicted octanol–water partition coefficient (Wildman–Crippen LogP) is 2.21. The first kappa shape index (κ1) is 13.0. The van der Waals surface area contributed by atoms with E-state index < -0.39 is 0 Å². The minimum absolute atomic E-state index is 0.788. The lowest BCUT2D eigenvalue weighted by atomic mass is 9.95. The normalized spacial score (nSPS) is 25.0. The van der Waals surface area contributed by atoms with E-state index in [1.165, 1.54) is 32.6 Å². The van der Waals surface area contributed by atoms with E-state index >= 15 is 0 Å². The molecule has 1 heterocycles. The fourth-order valence-corrected chi connectivity index (χ4v) is 2.47. The zero-order chi connectivity index (χ0) is 11.3. The first-order chi connectivity index (χ1) is 7.13. The number of hydrogen-bond acceptors (Lipinski definition) is 2. The summed E-state index contributed by atoms with van der Waals surface area (Å²) < 4.78 is 0. The standard InChI is InChI=1S/C13H28N2/c1-5-14-8-12(4)9-15-7-6-13(10-15)11(2)3/h11-14H,5-10H2,1-4H3. The Morgan fingerprint density at radius 3 is 2.60 bits per heavy atom. The Labute approximate surface area is 95.4 Å². The molecule has 1 rings (SSSR count). The molecule has 0 radical (unpaired) electrons. The van der Waals surface area contributed by atoms with Crippen molar-refractivity contribution in [3.8, 4) is 0 Å². The molecule has 2 unspecified atom stereocenters. The minimum atomic E-state index is 0.788. The van der Waals surface area contributed by atoms with Crippen molar-refractivity contribution in [3.63, 3.8) is 0 Å². The number of nitrogens with one attached hydrogen (secondary N) is 1. The average molecular weight is 212 g/mol. The predicted molar refractivity (Wildman–Crippen MR) is 67.1 cm³/mol.